The van der Waals surface area contributed by atoms with E-state index >= 15 is 0 Å². The van der Waals surface area contributed by atoms with Crippen molar-refractivity contribution in [3.05, 3.63) is 52.3 Å². The van der Waals surface area contributed by atoms with E-state index in [1.165, 1.54) is 10.9 Å². The molecular weight excluding hydrogens is 664 g/mol. The first-order valence-corrected chi connectivity index (χ1v) is 25.7. The maximum absolute atomic E-state index is 13.7. The molecule has 0 radical (unpaired) electrons. The zero-order valence-electron chi connectivity index (χ0n) is 31.2. The van der Waals surface area contributed by atoms with Crippen molar-refractivity contribution in [3.63, 3.8) is 0 Å². The Morgan fingerprint density at radius 3 is 1.79 bits per heavy atom. The third kappa shape index (κ3) is 7.74. The lowest BCUT2D eigenvalue weighted by Crippen LogP contribution is -2.54. The van der Waals surface area contributed by atoms with Gasteiger partial charge in [0.2, 0.25) is 0 Å². The molecule has 1 fully saturated rings. The van der Waals surface area contributed by atoms with Gasteiger partial charge in [-0.15, -0.1) is 0 Å². The van der Waals surface area contributed by atoms with Crippen LogP contribution in [0.25, 0.3) is 16.9 Å². The second-order valence-corrected chi connectivity index (χ2v) is 32.3. The summed E-state index contributed by atoms with van der Waals surface area (Å²) >= 11 is 6.10. The first-order valence-electron chi connectivity index (χ1n) is 16.6. The summed E-state index contributed by atoms with van der Waals surface area (Å²) < 4.78 is 31.7. The van der Waals surface area contributed by atoms with E-state index in [-0.39, 0.29) is 26.2 Å². The van der Waals surface area contributed by atoms with Crippen LogP contribution in [0.2, 0.25) is 59.4 Å². The Morgan fingerprint density at radius 2 is 1.28 bits per heavy atom. The van der Waals surface area contributed by atoms with Gasteiger partial charge in [-0.1, -0.05) is 73.9 Å². The minimum Gasteiger partial charge on any atom is -0.414 e. The maximum atomic E-state index is 13.7. The normalized spacial score (nSPS) is 22.0. The Bertz CT molecular complexity index is 1620. The van der Waals surface area contributed by atoms with Crippen LogP contribution in [0.1, 0.15) is 68.5 Å². The lowest BCUT2D eigenvalue weighted by molar-refractivity contribution is -0.0470. The fourth-order valence-electron chi connectivity index (χ4n) is 4.76. The molecule has 262 valence electrons. The predicted octanol–water partition coefficient (Wildman–Crippen LogP) is 8.94. The summed E-state index contributed by atoms with van der Waals surface area (Å²) in [4.78, 5) is 23.1. The van der Waals surface area contributed by atoms with E-state index in [0.29, 0.717) is 23.0 Å². The molecule has 0 amide bonds. The quantitative estimate of drug-likeness (QED) is 0.204. The second kappa shape index (κ2) is 12.9. The first-order chi connectivity index (χ1) is 21.3. The molecule has 4 atom stereocenters. The summed E-state index contributed by atoms with van der Waals surface area (Å²) in [5.74, 6) is 0. The molecule has 0 aliphatic carbocycles. The van der Waals surface area contributed by atoms with Crippen LogP contribution in [0.4, 0.5) is 0 Å². The Kier molecular flexibility index (Phi) is 10.5. The molecule has 0 N–H and O–H groups in total. The number of imidazole rings is 1. The number of hydrogen-bond donors (Lipinski definition) is 0. The molecule has 3 heterocycles. The highest BCUT2D eigenvalue weighted by atomic mass is 35.5. The van der Waals surface area contributed by atoms with Gasteiger partial charge in [0.25, 0.3) is 5.56 Å². The third-order valence-corrected chi connectivity index (χ3v) is 24.7. The average Bonchev–Trinajstić information content (AvgIpc) is 3.48. The molecule has 13 heteroatoms. The highest BCUT2D eigenvalue weighted by Gasteiger charge is 2.55. The molecule has 9 nitrogen and oxygen atoms in total. The summed E-state index contributed by atoms with van der Waals surface area (Å²) in [7, 11) is -6.77. The van der Waals surface area contributed by atoms with Crippen molar-refractivity contribution in [2.24, 2.45) is 0 Å². The predicted molar refractivity (Wildman–Crippen MR) is 199 cm³/mol. The second-order valence-electron chi connectivity index (χ2n) is 17.5. The molecule has 2 aromatic heterocycles. The standard InChI is InChI=1S/C34H57ClN4O5Si3/c1-32(2,3)45(10,11)41-20-25-27(43-46(12,13)33(4,5)6)28(44-47(14,15)34(7,8)9)31(42-25)39-21-36-26-29(39)37-22-38(30(26)40)24-18-16-23(35)17-19-24/h16-19,21-22,25,27-28,31H,20H2,1-15H3/t25-,27-,28-,31-/m1/s1. The van der Waals surface area contributed by atoms with Crippen molar-refractivity contribution < 1.29 is 18.0 Å². The first kappa shape index (κ1) is 38.2. The van der Waals surface area contributed by atoms with Crippen molar-refractivity contribution in [1.29, 1.82) is 0 Å². The van der Waals surface area contributed by atoms with E-state index in [1.54, 1.807) is 30.6 Å². The molecule has 1 aliphatic rings. The molecule has 1 aromatic carbocycles. The van der Waals surface area contributed by atoms with E-state index in [4.69, 9.17) is 34.6 Å². The zero-order valence-corrected chi connectivity index (χ0v) is 34.9. The van der Waals surface area contributed by atoms with Gasteiger partial charge in [-0.05, 0) is 78.7 Å². The summed E-state index contributed by atoms with van der Waals surface area (Å²) in [6.07, 6.45) is 1.29. The molecular formula is C34H57ClN4O5Si3. The lowest BCUT2D eigenvalue weighted by atomic mass is 10.1. The van der Waals surface area contributed by atoms with Gasteiger partial charge in [0.05, 0.1) is 18.6 Å². The third-order valence-electron chi connectivity index (χ3n) is 11.0. The monoisotopic (exact) mass is 720 g/mol. The van der Waals surface area contributed by atoms with E-state index in [9.17, 15) is 4.79 Å². The van der Waals surface area contributed by atoms with Crippen LogP contribution in [-0.4, -0.2) is 69.0 Å². The molecule has 0 unspecified atom stereocenters. The fraction of sp³-hybridized carbons (Fsp3) is 0.676. The van der Waals surface area contributed by atoms with Gasteiger partial charge in [-0.25, -0.2) is 9.97 Å². The zero-order chi connectivity index (χ0) is 35.5. The minimum atomic E-state index is -2.35. The summed E-state index contributed by atoms with van der Waals surface area (Å²) in [5.41, 5.74) is 1.07. The van der Waals surface area contributed by atoms with Crippen LogP contribution in [0.15, 0.2) is 41.7 Å². The smallest absolute Gasteiger partial charge is 0.286 e. The molecule has 3 aromatic rings. The van der Waals surface area contributed by atoms with E-state index in [1.807, 2.05) is 4.57 Å². The largest absolute Gasteiger partial charge is 0.414 e. The molecule has 0 spiro atoms. The topological polar surface area (TPSA) is 89.6 Å². The van der Waals surface area contributed by atoms with Crippen LogP contribution < -0.4 is 5.56 Å². The van der Waals surface area contributed by atoms with Crippen LogP contribution in [0.5, 0.6) is 0 Å². The van der Waals surface area contributed by atoms with Crippen molar-refractivity contribution in [1.82, 2.24) is 19.1 Å². The number of aromatic nitrogens is 4. The van der Waals surface area contributed by atoms with E-state index < -0.39 is 49.5 Å². The van der Waals surface area contributed by atoms with Gasteiger partial charge >= 0.3 is 0 Å². The van der Waals surface area contributed by atoms with E-state index in [2.05, 4.69) is 107 Å². The summed E-state index contributed by atoms with van der Waals surface area (Å²) in [5, 5.41) is 0.531. The van der Waals surface area contributed by atoms with Crippen molar-refractivity contribution >= 4 is 47.7 Å². The van der Waals surface area contributed by atoms with Gasteiger partial charge in [-0.3, -0.25) is 13.9 Å². The molecule has 1 aliphatic heterocycles. The van der Waals surface area contributed by atoms with Gasteiger partial charge in [-0.2, -0.15) is 0 Å². The Morgan fingerprint density at radius 1 is 0.766 bits per heavy atom. The molecule has 0 saturated carbocycles. The number of fused-ring (bicyclic) bond motifs is 1. The Balaban J connectivity index is 1.85. The number of ether oxygens (including phenoxy) is 1. The average molecular weight is 722 g/mol. The molecule has 1 saturated heterocycles. The summed E-state index contributed by atoms with van der Waals surface area (Å²) in [6.45, 7) is 34.1. The van der Waals surface area contributed by atoms with Gasteiger partial charge in [0.1, 0.15) is 24.6 Å². The SMILES string of the molecule is CC(C)(C)[Si](C)(C)OC[C@H]1O[C@@H](n2cnc3c(=O)n(-c4ccc(Cl)cc4)cnc32)[C@H](O[Si](C)(C)C(C)(C)C)[C@@H]1O[Si](C)(C)C(C)(C)C. The van der Waals surface area contributed by atoms with Crippen LogP contribution in [0, 0.1) is 0 Å². The van der Waals surface area contributed by atoms with Crippen molar-refractivity contribution in [2.45, 2.75) is 141 Å². The molecule has 47 heavy (non-hydrogen) atoms. The fourth-order valence-corrected chi connectivity index (χ4v) is 8.50. The molecule has 4 rings (SSSR count). The van der Waals surface area contributed by atoms with Crippen LogP contribution >= 0.6 is 11.6 Å². The number of hydrogen-bond acceptors (Lipinski definition) is 7. The van der Waals surface area contributed by atoms with Gasteiger partial charge < -0.3 is 18.0 Å². The number of rotatable bonds is 9. The van der Waals surface area contributed by atoms with Crippen LogP contribution in [-0.2, 0) is 18.0 Å². The maximum Gasteiger partial charge on any atom is 0.286 e. The Hall–Kier alpha value is -1.65. The minimum absolute atomic E-state index is 0.0340. The molecule has 0 bridgehead atoms. The number of halogens is 1. The highest BCUT2D eigenvalue weighted by molar-refractivity contribution is 6.75. The lowest BCUT2D eigenvalue weighted by Gasteiger charge is -2.44. The van der Waals surface area contributed by atoms with Gasteiger partial charge in [0.15, 0.2) is 42.3 Å². The highest BCUT2D eigenvalue weighted by Crippen LogP contribution is 2.46. The summed E-state index contributed by atoms with van der Waals surface area (Å²) in [6, 6.07) is 7.06. The Labute approximate surface area is 289 Å². The van der Waals surface area contributed by atoms with Crippen molar-refractivity contribution in [2.75, 3.05) is 6.61 Å². The number of benzene rings is 1. The van der Waals surface area contributed by atoms with Crippen LogP contribution in [0.3, 0.4) is 0 Å². The number of nitrogens with zero attached hydrogens (tertiary/aromatic N) is 4. The van der Waals surface area contributed by atoms with E-state index in [0.717, 1.165) is 0 Å². The van der Waals surface area contributed by atoms with Crippen molar-refractivity contribution in [3.8, 4) is 5.69 Å². The van der Waals surface area contributed by atoms with Gasteiger partial charge in [0, 0.05) is 5.02 Å².